The molecule has 0 bridgehead atoms. The van der Waals surface area contributed by atoms with E-state index in [4.69, 9.17) is 4.99 Å². The van der Waals surface area contributed by atoms with E-state index in [2.05, 4.69) is 96.9 Å². The number of nitrogens with zero attached hydrogens (tertiary/aromatic N) is 3. The molecule has 0 saturated carbocycles. The van der Waals surface area contributed by atoms with E-state index in [1.54, 1.807) is 6.08 Å². The molecule has 2 aromatic carbocycles. The van der Waals surface area contributed by atoms with Crippen molar-refractivity contribution in [2.75, 3.05) is 4.90 Å². The maximum absolute atomic E-state index is 5.01. The van der Waals surface area contributed by atoms with Crippen LogP contribution in [0.25, 0.3) is 5.57 Å². The molecule has 0 spiro atoms. The largest absolute Gasteiger partial charge is 0.299 e. The van der Waals surface area contributed by atoms with Crippen molar-refractivity contribution in [1.82, 2.24) is 0 Å². The highest BCUT2D eigenvalue weighted by Gasteiger charge is 2.17. The number of aliphatic imine (C=N–C) groups is 2. The van der Waals surface area contributed by atoms with Crippen LogP contribution < -0.4 is 4.90 Å². The SMILES string of the molecule is C=C/C=C\C/C=C(\CC)N(/C(=C/C)N=C(N=C)c1ccccc1)c1cccc(/C2=C/C/C=C\C=C/C2)c1. The molecule has 0 aliphatic heterocycles. The molecule has 0 saturated heterocycles. The molecule has 0 aromatic heterocycles. The summed E-state index contributed by atoms with van der Waals surface area (Å²) in [5.41, 5.74) is 5.69. The number of benzene rings is 2. The first-order chi connectivity index (χ1) is 18.2. The summed E-state index contributed by atoms with van der Waals surface area (Å²) in [4.78, 5) is 11.5. The molecule has 0 amide bonds. The third-order valence-electron chi connectivity index (χ3n) is 6.00. The van der Waals surface area contributed by atoms with E-state index in [0.29, 0.717) is 5.84 Å². The molecule has 1 aliphatic carbocycles. The van der Waals surface area contributed by atoms with E-state index in [9.17, 15) is 0 Å². The molecule has 188 valence electrons. The first-order valence-electron chi connectivity index (χ1n) is 12.9. The van der Waals surface area contributed by atoms with E-state index >= 15 is 0 Å². The molecule has 37 heavy (non-hydrogen) atoms. The van der Waals surface area contributed by atoms with Gasteiger partial charge in [-0.25, -0.2) is 9.98 Å². The highest BCUT2D eigenvalue weighted by atomic mass is 15.2. The van der Waals surface area contributed by atoms with Gasteiger partial charge in [0, 0.05) is 16.9 Å². The van der Waals surface area contributed by atoms with Crippen molar-refractivity contribution in [3.8, 4) is 0 Å². The third-order valence-corrected chi connectivity index (χ3v) is 6.00. The van der Waals surface area contributed by atoms with Crippen LogP contribution in [0, 0.1) is 0 Å². The van der Waals surface area contributed by atoms with E-state index in [1.807, 2.05) is 49.4 Å². The van der Waals surface area contributed by atoms with Crippen LogP contribution in [0.4, 0.5) is 5.69 Å². The van der Waals surface area contributed by atoms with Crippen LogP contribution in [0.5, 0.6) is 0 Å². The summed E-state index contributed by atoms with van der Waals surface area (Å²) in [5, 5.41) is 0. The van der Waals surface area contributed by atoms with Gasteiger partial charge in [0.05, 0.1) is 0 Å². The van der Waals surface area contributed by atoms with Crippen molar-refractivity contribution >= 4 is 23.8 Å². The number of hydrogen-bond donors (Lipinski definition) is 0. The quantitative estimate of drug-likeness (QED) is 0.186. The predicted molar refractivity (Wildman–Crippen MR) is 163 cm³/mol. The minimum Gasteiger partial charge on any atom is -0.299 e. The van der Waals surface area contributed by atoms with Crippen molar-refractivity contribution in [2.45, 2.75) is 39.5 Å². The Morgan fingerprint density at radius 2 is 1.86 bits per heavy atom. The smallest absolute Gasteiger partial charge is 0.160 e. The summed E-state index contributed by atoms with van der Waals surface area (Å²) in [7, 11) is 0. The maximum atomic E-state index is 5.01. The number of hydrogen-bond acceptors (Lipinski definition) is 2. The van der Waals surface area contributed by atoms with Gasteiger partial charge < -0.3 is 0 Å². The summed E-state index contributed by atoms with van der Waals surface area (Å²) in [5.74, 6) is 1.40. The fourth-order valence-corrected chi connectivity index (χ4v) is 4.15. The number of amidine groups is 1. The minimum atomic E-state index is 0.594. The second kappa shape index (κ2) is 15.0. The van der Waals surface area contributed by atoms with E-state index < -0.39 is 0 Å². The number of allylic oxidation sites excluding steroid dienone is 12. The van der Waals surface area contributed by atoms with Crippen molar-refractivity contribution in [1.29, 1.82) is 0 Å². The average molecular weight is 488 g/mol. The zero-order chi connectivity index (χ0) is 26.3. The second-order valence-corrected chi connectivity index (χ2v) is 8.47. The van der Waals surface area contributed by atoms with Gasteiger partial charge in [0.15, 0.2) is 5.84 Å². The molecular formula is C34H37N3. The zero-order valence-corrected chi connectivity index (χ0v) is 22.1. The Morgan fingerprint density at radius 3 is 2.59 bits per heavy atom. The molecular weight excluding hydrogens is 450 g/mol. The van der Waals surface area contributed by atoms with Gasteiger partial charge in [0.2, 0.25) is 0 Å². The third kappa shape index (κ3) is 7.88. The topological polar surface area (TPSA) is 28.0 Å². The summed E-state index contributed by atoms with van der Waals surface area (Å²) in [6.07, 6.45) is 24.6. The highest BCUT2D eigenvalue weighted by Crippen LogP contribution is 2.31. The fraction of sp³-hybridized carbons (Fsp3) is 0.176. The molecule has 0 N–H and O–H groups in total. The van der Waals surface area contributed by atoms with E-state index in [0.717, 1.165) is 48.5 Å². The standard InChI is InChI=1S/C34H37N3/c1-5-8-9-18-25-31(6-2)37(33(7-3)36-34(35-4)29-22-16-13-17-23-29)32-26-19-24-30(27-32)28-20-14-11-10-12-15-21-28/h5,7-14,16-17,19,21-27H,1,4,6,15,18,20H2,2-3H3/b9-8-,12-10-,14-11-,28-21+,31-25+,33-7+,36-34?. The highest BCUT2D eigenvalue weighted by molar-refractivity contribution is 6.02. The van der Waals surface area contributed by atoms with Crippen molar-refractivity contribution in [3.05, 3.63) is 145 Å². The number of anilines is 1. The van der Waals surface area contributed by atoms with Crippen LogP contribution in [0.1, 0.15) is 50.7 Å². The van der Waals surface area contributed by atoms with Gasteiger partial charge in [-0.05, 0) is 68.7 Å². The molecule has 0 radical (unpaired) electrons. The van der Waals surface area contributed by atoms with Crippen molar-refractivity contribution in [3.63, 3.8) is 0 Å². The second-order valence-electron chi connectivity index (χ2n) is 8.47. The van der Waals surface area contributed by atoms with Crippen molar-refractivity contribution in [2.24, 2.45) is 9.98 Å². The first-order valence-corrected chi connectivity index (χ1v) is 12.9. The summed E-state index contributed by atoms with van der Waals surface area (Å²) < 4.78 is 0. The zero-order valence-electron chi connectivity index (χ0n) is 22.1. The Bertz CT molecular complexity index is 1270. The van der Waals surface area contributed by atoms with E-state index in [1.165, 1.54) is 11.1 Å². The number of rotatable bonds is 10. The summed E-state index contributed by atoms with van der Waals surface area (Å²) in [6.45, 7) is 11.8. The lowest BCUT2D eigenvalue weighted by molar-refractivity contribution is 0.939. The Balaban J connectivity index is 2.12. The summed E-state index contributed by atoms with van der Waals surface area (Å²) >= 11 is 0. The fourth-order valence-electron chi connectivity index (χ4n) is 4.15. The maximum Gasteiger partial charge on any atom is 0.160 e. The molecule has 1 aliphatic rings. The predicted octanol–water partition coefficient (Wildman–Crippen LogP) is 9.22. The van der Waals surface area contributed by atoms with Gasteiger partial charge in [-0.1, -0.05) is 111 Å². The van der Waals surface area contributed by atoms with Gasteiger partial charge in [-0.2, -0.15) is 0 Å². The molecule has 3 rings (SSSR count). The monoisotopic (exact) mass is 487 g/mol. The lowest BCUT2D eigenvalue weighted by Gasteiger charge is -2.28. The molecule has 3 nitrogen and oxygen atoms in total. The molecule has 3 heteroatoms. The van der Waals surface area contributed by atoms with Crippen LogP contribution >= 0.6 is 0 Å². The van der Waals surface area contributed by atoms with Gasteiger partial charge >= 0.3 is 0 Å². The van der Waals surface area contributed by atoms with Crippen LogP contribution in [0.3, 0.4) is 0 Å². The summed E-state index contributed by atoms with van der Waals surface area (Å²) in [6, 6.07) is 18.7. The van der Waals surface area contributed by atoms with Gasteiger partial charge in [-0.3, -0.25) is 4.90 Å². The van der Waals surface area contributed by atoms with Gasteiger partial charge in [0.25, 0.3) is 0 Å². The average Bonchev–Trinajstić information content (AvgIpc) is 2.92. The van der Waals surface area contributed by atoms with E-state index in [-0.39, 0.29) is 0 Å². The van der Waals surface area contributed by atoms with Crippen LogP contribution in [-0.2, 0) is 0 Å². The lowest BCUT2D eigenvalue weighted by Crippen LogP contribution is -2.22. The Morgan fingerprint density at radius 1 is 1.05 bits per heavy atom. The molecule has 2 aromatic rings. The Kier molecular flexibility index (Phi) is 11.1. The Hall–Kier alpha value is -4.24. The molecule has 0 unspecified atom stereocenters. The van der Waals surface area contributed by atoms with Gasteiger partial charge in [-0.15, -0.1) is 0 Å². The first kappa shape index (κ1) is 27.3. The lowest BCUT2D eigenvalue weighted by atomic mass is 9.99. The molecule has 0 atom stereocenters. The van der Waals surface area contributed by atoms with Crippen molar-refractivity contribution < 1.29 is 0 Å². The molecule has 0 heterocycles. The Labute approximate surface area is 222 Å². The minimum absolute atomic E-state index is 0.594. The normalized spacial score (nSPS) is 17.9. The van der Waals surface area contributed by atoms with Gasteiger partial charge in [0.1, 0.15) is 5.82 Å². The van der Waals surface area contributed by atoms with Crippen LogP contribution in [0.2, 0.25) is 0 Å². The molecule has 0 fully saturated rings. The van der Waals surface area contributed by atoms with Crippen LogP contribution in [-0.4, -0.2) is 12.6 Å². The van der Waals surface area contributed by atoms with Crippen LogP contribution in [0.15, 0.2) is 143 Å².